The zero-order chi connectivity index (χ0) is 15.6. The fraction of sp³-hybridized carbons (Fsp3) is 0.200. The first-order valence-electron chi connectivity index (χ1n) is 6.20. The summed E-state index contributed by atoms with van der Waals surface area (Å²) in [6.07, 6.45) is 0. The van der Waals surface area contributed by atoms with E-state index in [4.69, 9.17) is 15.4 Å². The van der Waals surface area contributed by atoms with Gasteiger partial charge in [-0.2, -0.15) is 0 Å². The van der Waals surface area contributed by atoms with Crippen molar-refractivity contribution < 1.29 is 17.5 Å². The monoisotopic (exact) mass is 328 g/mol. The Hall–Kier alpha value is -1.59. The van der Waals surface area contributed by atoms with Crippen LogP contribution in [0.3, 0.4) is 0 Å². The van der Waals surface area contributed by atoms with E-state index in [0.29, 0.717) is 5.56 Å². The maximum Gasteiger partial charge on any atom is 0.264 e. The summed E-state index contributed by atoms with van der Waals surface area (Å²) < 4.78 is 41.9. The molecule has 0 radical (unpaired) electrons. The smallest absolute Gasteiger partial charge is 0.264 e. The first kappa shape index (κ1) is 15.8. The van der Waals surface area contributed by atoms with Gasteiger partial charge < -0.3 is 4.74 Å². The van der Waals surface area contributed by atoms with Gasteiger partial charge in [-0.05, 0) is 54.8 Å². The molecule has 21 heavy (non-hydrogen) atoms. The number of ether oxygens (including phenoxy) is 1. The van der Waals surface area contributed by atoms with Crippen LogP contribution >= 0.6 is 10.7 Å². The number of halogens is 2. The third-order valence-corrected chi connectivity index (χ3v) is 4.40. The molecule has 0 aliphatic rings. The summed E-state index contributed by atoms with van der Waals surface area (Å²) in [5.74, 6) is -0.215. The second-order valence-corrected chi connectivity index (χ2v) is 7.28. The summed E-state index contributed by atoms with van der Waals surface area (Å²) in [6.45, 7) is 3.64. The normalized spacial score (nSPS) is 11.4. The molecule has 0 saturated carbocycles. The van der Waals surface area contributed by atoms with Gasteiger partial charge >= 0.3 is 0 Å². The Labute approximate surface area is 127 Å². The summed E-state index contributed by atoms with van der Waals surface area (Å²) in [7, 11) is 1.50. The summed E-state index contributed by atoms with van der Waals surface area (Å²) in [4.78, 5) is -0.0850. The van der Waals surface area contributed by atoms with Crippen molar-refractivity contribution >= 4 is 19.7 Å². The summed E-state index contributed by atoms with van der Waals surface area (Å²) in [5.41, 5.74) is 2.26. The zero-order valence-corrected chi connectivity index (χ0v) is 13.1. The number of hydrogen-bond acceptors (Lipinski definition) is 3. The summed E-state index contributed by atoms with van der Waals surface area (Å²) >= 11 is 0. The molecular weight excluding hydrogens is 315 g/mol. The molecule has 2 rings (SSSR count). The van der Waals surface area contributed by atoms with Gasteiger partial charge in [0.25, 0.3) is 9.05 Å². The van der Waals surface area contributed by atoms with Crippen LogP contribution in [0.4, 0.5) is 4.39 Å². The van der Waals surface area contributed by atoms with Gasteiger partial charge in [0.2, 0.25) is 0 Å². The fourth-order valence-corrected chi connectivity index (χ4v) is 2.93. The molecule has 2 aromatic rings. The largest absolute Gasteiger partial charge is 0.487 e. The van der Waals surface area contributed by atoms with E-state index in [1.807, 2.05) is 6.92 Å². The molecule has 0 N–H and O–H groups in total. The van der Waals surface area contributed by atoms with Crippen LogP contribution in [-0.4, -0.2) is 8.42 Å². The first-order chi connectivity index (χ1) is 9.77. The molecule has 2 aromatic carbocycles. The minimum absolute atomic E-state index is 0.0616. The van der Waals surface area contributed by atoms with Gasteiger partial charge in [0, 0.05) is 10.7 Å². The lowest BCUT2D eigenvalue weighted by atomic mass is 10.1. The van der Waals surface area contributed by atoms with Crippen LogP contribution in [0.25, 0.3) is 0 Å². The Morgan fingerprint density at radius 2 is 1.86 bits per heavy atom. The van der Waals surface area contributed by atoms with Crippen molar-refractivity contribution in [3.63, 3.8) is 0 Å². The molecule has 0 heterocycles. The standard InChI is InChI=1S/C15H14ClFO3S/c1-10-3-6-14(15(7-10)21(16,18)19)20-9-12-8-13(17)5-4-11(12)2/h3-8H,9H2,1-2H3. The molecular formula is C15H14ClFO3S. The number of benzene rings is 2. The lowest BCUT2D eigenvalue weighted by Gasteiger charge is -2.12. The van der Waals surface area contributed by atoms with Crippen LogP contribution < -0.4 is 4.74 Å². The third-order valence-electron chi connectivity index (χ3n) is 3.06. The van der Waals surface area contributed by atoms with Crippen molar-refractivity contribution in [2.24, 2.45) is 0 Å². The highest BCUT2D eigenvalue weighted by atomic mass is 35.7. The number of rotatable bonds is 4. The molecule has 0 aliphatic carbocycles. The molecule has 6 heteroatoms. The summed E-state index contributed by atoms with van der Waals surface area (Å²) in [6, 6.07) is 9.06. The predicted molar refractivity (Wildman–Crippen MR) is 79.7 cm³/mol. The van der Waals surface area contributed by atoms with Crippen molar-refractivity contribution in [2.45, 2.75) is 25.3 Å². The molecule has 0 aromatic heterocycles. The van der Waals surface area contributed by atoms with Crippen molar-refractivity contribution in [1.29, 1.82) is 0 Å². The Morgan fingerprint density at radius 1 is 1.14 bits per heavy atom. The van der Waals surface area contributed by atoms with Crippen molar-refractivity contribution in [1.82, 2.24) is 0 Å². The minimum atomic E-state index is -3.91. The average Bonchev–Trinajstić information content (AvgIpc) is 2.40. The van der Waals surface area contributed by atoms with Gasteiger partial charge in [-0.3, -0.25) is 0 Å². The second kappa shape index (κ2) is 6.03. The second-order valence-electron chi connectivity index (χ2n) is 4.75. The molecule has 0 spiro atoms. The van der Waals surface area contributed by atoms with E-state index in [9.17, 15) is 12.8 Å². The van der Waals surface area contributed by atoms with E-state index in [-0.39, 0.29) is 23.1 Å². The van der Waals surface area contributed by atoms with Crippen LogP contribution in [0.2, 0.25) is 0 Å². The number of aryl methyl sites for hydroxylation is 2. The topological polar surface area (TPSA) is 43.4 Å². The van der Waals surface area contributed by atoms with E-state index in [2.05, 4.69) is 0 Å². The molecule has 112 valence electrons. The SMILES string of the molecule is Cc1ccc(OCc2cc(F)ccc2C)c(S(=O)(=O)Cl)c1. The van der Waals surface area contributed by atoms with Crippen LogP contribution in [-0.2, 0) is 15.7 Å². The predicted octanol–water partition coefficient (Wildman–Crippen LogP) is 3.95. The van der Waals surface area contributed by atoms with E-state index in [0.717, 1.165) is 11.1 Å². The number of hydrogen-bond donors (Lipinski definition) is 0. The highest BCUT2D eigenvalue weighted by molar-refractivity contribution is 8.13. The van der Waals surface area contributed by atoms with Crippen LogP contribution in [0.1, 0.15) is 16.7 Å². The Kier molecular flexibility index (Phi) is 4.54. The van der Waals surface area contributed by atoms with Crippen LogP contribution in [0.15, 0.2) is 41.3 Å². The van der Waals surface area contributed by atoms with Gasteiger partial charge in [-0.25, -0.2) is 12.8 Å². The molecule has 0 aliphatic heterocycles. The quantitative estimate of drug-likeness (QED) is 0.798. The first-order valence-corrected chi connectivity index (χ1v) is 8.51. The molecule has 3 nitrogen and oxygen atoms in total. The van der Waals surface area contributed by atoms with Gasteiger partial charge in [-0.15, -0.1) is 0 Å². The van der Waals surface area contributed by atoms with Gasteiger partial charge in [-0.1, -0.05) is 12.1 Å². The highest BCUT2D eigenvalue weighted by Crippen LogP contribution is 2.29. The molecule has 0 amide bonds. The zero-order valence-electron chi connectivity index (χ0n) is 11.6. The van der Waals surface area contributed by atoms with Gasteiger partial charge in [0.15, 0.2) is 0 Å². The van der Waals surface area contributed by atoms with Gasteiger partial charge in [0.05, 0.1) is 0 Å². The van der Waals surface area contributed by atoms with Crippen molar-refractivity contribution in [3.05, 3.63) is 58.9 Å². The lowest BCUT2D eigenvalue weighted by molar-refractivity contribution is 0.296. The van der Waals surface area contributed by atoms with E-state index < -0.39 is 9.05 Å². The highest BCUT2D eigenvalue weighted by Gasteiger charge is 2.17. The molecule has 0 atom stereocenters. The maximum atomic E-state index is 13.2. The fourth-order valence-electron chi connectivity index (χ4n) is 1.88. The lowest BCUT2D eigenvalue weighted by Crippen LogP contribution is -2.03. The Morgan fingerprint density at radius 3 is 2.52 bits per heavy atom. The molecule has 0 bridgehead atoms. The van der Waals surface area contributed by atoms with Crippen molar-refractivity contribution in [2.75, 3.05) is 0 Å². The molecule has 0 fully saturated rings. The summed E-state index contributed by atoms with van der Waals surface area (Å²) in [5, 5.41) is 0. The van der Waals surface area contributed by atoms with Crippen molar-refractivity contribution in [3.8, 4) is 5.75 Å². The van der Waals surface area contributed by atoms with E-state index in [1.165, 1.54) is 18.2 Å². The van der Waals surface area contributed by atoms with Crippen LogP contribution in [0, 0.1) is 19.7 Å². The molecule has 0 saturated heterocycles. The average molecular weight is 329 g/mol. The van der Waals surface area contributed by atoms with Gasteiger partial charge in [0.1, 0.15) is 23.1 Å². The van der Waals surface area contributed by atoms with Crippen LogP contribution in [0.5, 0.6) is 5.75 Å². The van der Waals surface area contributed by atoms with E-state index >= 15 is 0 Å². The van der Waals surface area contributed by atoms with E-state index in [1.54, 1.807) is 25.1 Å². The third kappa shape index (κ3) is 3.95. The Bertz CT molecular complexity index is 772. The Balaban J connectivity index is 2.30. The maximum absolute atomic E-state index is 13.2. The minimum Gasteiger partial charge on any atom is -0.487 e. The molecule has 0 unspecified atom stereocenters.